The van der Waals surface area contributed by atoms with Gasteiger partial charge < -0.3 is 9.64 Å². The van der Waals surface area contributed by atoms with E-state index in [0.717, 1.165) is 30.5 Å². The van der Waals surface area contributed by atoms with Gasteiger partial charge in [0.05, 0.1) is 12.6 Å². The van der Waals surface area contributed by atoms with Crippen LogP contribution < -0.4 is 0 Å². The van der Waals surface area contributed by atoms with Crippen molar-refractivity contribution in [3.8, 4) is 0 Å². The third-order valence-electron chi connectivity index (χ3n) is 4.28. The molecule has 1 amide bonds. The summed E-state index contributed by atoms with van der Waals surface area (Å²) in [5.74, 6) is -0.223. The molecule has 0 aromatic heterocycles. The van der Waals surface area contributed by atoms with E-state index in [2.05, 4.69) is 0 Å². The molecule has 0 spiro atoms. The first kappa shape index (κ1) is 15.7. The summed E-state index contributed by atoms with van der Waals surface area (Å²) >= 11 is 0. The minimum atomic E-state index is -0.252. The molecule has 23 heavy (non-hydrogen) atoms. The van der Waals surface area contributed by atoms with Gasteiger partial charge in [0.15, 0.2) is 0 Å². The highest BCUT2D eigenvalue weighted by Crippen LogP contribution is 2.33. The first-order chi connectivity index (χ1) is 11.2. The Morgan fingerprint density at radius 1 is 1.17 bits per heavy atom. The first-order valence-corrected chi connectivity index (χ1v) is 7.83. The fourth-order valence-electron chi connectivity index (χ4n) is 3.12. The predicted molar refractivity (Wildman–Crippen MR) is 86.6 cm³/mol. The fourth-order valence-corrected chi connectivity index (χ4v) is 3.12. The molecule has 0 saturated carbocycles. The van der Waals surface area contributed by atoms with Crippen LogP contribution in [0.4, 0.5) is 4.39 Å². The summed E-state index contributed by atoms with van der Waals surface area (Å²) < 4.78 is 18.2. The topological polar surface area (TPSA) is 29.5 Å². The molecule has 2 aromatic rings. The molecule has 1 saturated heterocycles. The smallest absolute Gasteiger partial charge is 0.254 e. The number of carbonyl (C=O) groups is 1. The zero-order valence-electron chi connectivity index (χ0n) is 13.2. The molecule has 0 N–H and O–H groups in total. The SMILES string of the molecule is COCc1ccc(C(=O)N2CCCC2c2ccc(F)cc2)cc1. The Hall–Kier alpha value is -2.20. The lowest BCUT2D eigenvalue weighted by molar-refractivity contribution is 0.0735. The Morgan fingerprint density at radius 2 is 1.87 bits per heavy atom. The summed E-state index contributed by atoms with van der Waals surface area (Å²) in [5, 5.41) is 0. The van der Waals surface area contributed by atoms with E-state index in [1.54, 1.807) is 19.2 Å². The van der Waals surface area contributed by atoms with Crippen LogP contribution in [-0.2, 0) is 11.3 Å². The lowest BCUT2D eigenvalue weighted by Gasteiger charge is -2.25. The number of benzene rings is 2. The molecule has 3 nitrogen and oxygen atoms in total. The largest absolute Gasteiger partial charge is 0.380 e. The van der Waals surface area contributed by atoms with Crippen LogP contribution in [0.15, 0.2) is 48.5 Å². The third kappa shape index (κ3) is 3.42. The van der Waals surface area contributed by atoms with Crippen molar-refractivity contribution in [1.29, 1.82) is 0 Å². The maximum absolute atomic E-state index is 13.1. The van der Waals surface area contributed by atoms with Crippen LogP contribution in [0.1, 0.15) is 40.4 Å². The summed E-state index contributed by atoms with van der Waals surface area (Å²) in [5.41, 5.74) is 2.72. The zero-order chi connectivity index (χ0) is 16.2. The van der Waals surface area contributed by atoms with Gasteiger partial charge in [0.1, 0.15) is 5.82 Å². The standard InChI is InChI=1S/C19H20FNO2/c1-23-13-14-4-6-16(7-5-14)19(22)21-12-2-3-18(21)15-8-10-17(20)11-9-15/h4-11,18H,2-3,12-13H2,1H3. The van der Waals surface area contributed by atoms with Gasteiger partial charge in [0.2, 0.25) is 0 Å². The zero-order valence-corrected chi connectivity index (χ0v) is 13.2. The quantitative estimate of drug-likeness (QED) is 0.855. The Balaban J connectivity index is 1.78. The summed E-state index contributed by atoms with van der Waals surface area (Å²) in [4.78, 5) is 14.7. The van der Waals surface area contributed by atoms with Crippen molar-refractivity contribution in [3.63, 3.8) is 0 Å². The van der Waals surface area contributed by atoms with Crippen LogP contribution in [0.5, 0.6) is 0 Å². The number of likely N-dealkylation sites (tertiary alicyclic amines) is 1. The predicted octanol–water partition coefficient (Wildman–Crippen LogP) is 3.95. The van der Waals surface area contributed by atoms with Crippen LogP contribution in [-0.4, -0.2) is 24.5 Å². The Bertz CT molecular complexity index is 667. The second-order valence-electron chi connectivity index (χ2n) is 5.84. The maximum Gasteiger partial charge on any atom is 0.254 e. The lowest BCUT2D eigenvalue weighted by atomic mass is 10.0. The van der Waals surface area contributed by atoms with Crippen molar-refractivity contribution in [2.24, 2.45) is 0 Å². The van der Waals surface area contributed by atoms with Crippen LogP contribution in [0.3, 0.4) is 0 Å². The van der Waals surface area contributed by atoms with Crippen molar-refractivity contribution >= 4 is 5.91 Å². The van der Waals surface area contributed by atoms with Gasteiger partial charge in [0.25, 0.3) is 5.91 Å². The van der Waals surface area contributed by atoms with Crippen molar-refractivity contribution in [2.45, 2.75) is 25.5 Å². The van der Waals surface area contributed by atoms with Crippen LogP contribution in [0, 0.1) is 5.82 Å². The molecule has 0 bridgehead atoms. The average molecular weight is 313 g/mol. The molecule has 1 unspecified atom stereocenters. The molecule has 1 heterocycles. The first-order valence-electron chi connectivity index (χ1n) is 7.83. The molecule has 0 radical (unpaired) electrons. The van der Waals surface area contributed by atoms with Crippen LogP contribution in [0.2, 0.25) is 0 Å². The van der Waals surface area contributed by atoms with E-state index < -0.39 is 0 Å². The van der Waals surface area contributed by atoms with E-state index in [-0.39, 0.29) is 17.8 Å². The minimum absolute atomic E-state index is 0.0285. The normalized spacial score (nSPS) is 17.5. The van der Waals surface area contributed by atoms with Crippen LogP contribution >= 0.6 is 0 Å². The Kier molecular flexibility index (Phi) is 4.72. The minimum Gasteiger partial charge on any atom is -0.380 e. The second kappa shape index (κ2) is 6.92. The second-order valence-corrected chi connectivity index (χ2v) is 5.84. The fraction of sp³-hybridized carbons (Fsp3) is 0.316. The molecule has 0 aliphatic carbocycles. The maximum atomic E-state index is 13.1. The molecule has 1 aliphatic heterocycles. The number of amides is 1. The summed E-state index contributed by atoms with van der Waals surface area (Å²) in [6.07, 6.45) is 1.88. The Labute approximate surface area is 135 Å². The van der Waals surface area contributed by atoms with Gasteiger partial charge in [-0.1, -0.05) is 24.3 Å². The highest BCUT2D eigenvalue weighted by Gasteiger charge is 2.30. The van der Waals surface area contributed by atoms with Gasteiger partial charge >= 0.3 is 0 Å². The average Bonchev–Trinajstić information content (AvgIpc) is 3.05. The number of nitrogens with zero attached hydrogens (tertiary/aromatic N) is 1. The molecule has 1 fully saturated rings. The van der Waals surface area contributed by atoms with Crippen LogP contribution in [0.25, 0.3) is 0 Å². The molecule has 2 aromatic carbocycles. The van der Waals surface area contributed by atoms with Gasteiger partial charge in [-0.05, 0) is 48.2 Å². The van der Waals surface area contributed by atoms with E-state index in [1.165, 1.54) is 12.1 Å². The van der Waals surface area contributed by atoms with Gasteiger partial charge in [0, 0.05) is 19.2 Å². The number of carbonyl (C=O) groups excluding carboxylic acids is 1. The van der Waals surface area contributed by atoms with E-state index in [0.29, 0.717) is 12.2 Å². The molecular weight excluding hydrogens is 293 g/mol. The number of hydrogen-bond acceptors (Lipinski definition) is 2. The van der Waals surface area contributed by atoms with Gasteiger partial charge in [-0.15, -0.1) is 0 Å². The Morgan fingerprint density at radius 3 is 2.52 bits per heavy atom. The van der Waals surface area contributed by atoms with Gasteiger partial charge in [-0.25, -0.2) is 4.39 Å². The number of halogens is 1. The number of hydrogen-bond donors (Lipinski definition) is 0. The molecule has 120 valence electrons. The molecule has 1 atom stereocenters. The van der Waals surface area contributed by atoms with Crippen molar-refractivity contribution in [1.82, 2.24) is 4.90 Å². The monoisotopic (exact) mass is 313 g/mol. The summed E-state index contributed by atoms with van der Waals surface area (Å²) in [6, 6.07) is 14.0. The number of methoxy groups -OCH3 is 1. The van der Waals surface area contributed by atoms with Gasteiger partial charge in [-0.2, -0.15) is 0 Å². The van der Waals surface area contributed by atoms with E-state index in [4.69, 9.17) is 4.74 Å². The molecular formula is C19H20FNO2. The van der Waals surface area contributed by atoms with Gasteiger partial charge in [-0.3, -0.25) is 4.79 Å². The van der Waals surface area contributed by atoms with E-state index in [9.17, 15) is 9.18 Å². The molecule has 4 heteroatoms. The molecule has 1 aliphatic rings. The molecule has 3 rings (SSSR count). The van der Waals surface area contributed by atoms with E-state index in [1.807, 2.05) is 29.2 Å². The van der Waals surface area contributed by atoms with Crippen molar-refractivity contribution < 1.29 is 13.9 Å². The summed E-state index contributed by atoms with van der Waals surface area (Å²) in [7, 11) is 1.65. The third-order valence-corrected chi connectivity index (χ3v) is 4.28. The lowest BCUT2D eigenvalue weighted by Crippen LogP contribution is -2.30. The summed E-state index contributed by atoms with van der Waals surface area (Å²) in [6.45, 7) is 1.27. The number of ether oxygens (including phenoxy) is 1. The van der Waals surface area contributed by atoms with E-state index >= 15 is 0 Å². The van der Waals surface area contributed by atoms with Crippen molar-refractivity contribution in [3.05, 3.63) is 71.0 Å². The highest BCUT2D eigenvalue weighted by molar-refractivity contribution is 5.94. The van der Waals surface area contributed by atoms with Crippen molar-refractivity contribution in [2.75, 3.05) is 13.7 Å². The number of rotatable bonds is 4. The highest BCUT2D eigenvalue weighted by atomic mass is 19.1.